The third-order valence-corrected chi connectivity index (χ3v) is 4.32. The number of amides is 2. The number of rotatable bonds is 3. The van der Waals surface area contributed by atoms with Gasteiger partial charge in [-0.2, -0.15) is 0 Å². The summed E-state index contributed by atoms with van der Waals surface area (Å²) in [7, 11) is 0. The van der Waals surface area contributed by atoms with E-state index in [9.17, 15) is 9.59 Å². The molecule has 1 fully saturated rings. The lowest BCUT2D eigenvalue weighted by molar-refractivity contribution is -0.123. The maximum atomic E-state index is 11.9. The Morgan fingerprint density at radius 3 is 3.05 bits per heavy atom. The van der Waals surface area contributed by atoms with E-state index < -0.39 is 0 Å². The summed E-state index contributed by atoms with van der Waals surface area (Å²) in [4.78, 5) is 23.5. The van der Waals surface area contributed by atoms with Crippen LogP contribution in [0, 0.1) is 6.92 Å². The first kappa shape index (κ1) is 14.2. The monoisotopic (exact) mass is 298 g/mol. The highest BCUT2D eigenvalue weighted by atomic mass is 35.5. The largest absolute Gasteiger partial charge is 0.354 e. The van der Waals surface area contributed by atoms with Gasteiger partial charge in [0.25, 0.3) is 0 Å². The van der Waals surface area contributed by atoms with E-state index in [1.54, 1.807) is 12.1 Å². The molecule has 4 nitrogen and oxygen atoms in total. The Labute approximate surface area is 121 Å². The molecule has 1 unspecified atom stereocenters. The molecule has 1 saturated heterocycles. The van der Waals surface area contributed by atoms with Crippen molar-refractivity contribution in [1.29, 1.82) is 0 Å². The molecule has 1 aromatic rings. The fourth-order valence-electron chi connectivity index (χ4n) is 1.81. The molecule has 1 aliphatic rings. The van der Waals surface area contributed by atoms with Crippen LogP contribution >= 0.6 is 23.4 Å². The fourth-order valence-corrected chi connectivity index (χ4v) is 3.10. The number of benzene rings is 1. The molecular formula is C13H15ClN2O2S. The maximum Gasteiger partial charge on any atom is 0.233 e. The lowest BCUT2D eigenvalue weighted by Gasteiger charge is -2.21. The minimum absolute atomic E-state index is 0.0681. The lowest BCUT2D eigenvalue weighted by atomic mass is 10.2. The van der Waals surface area contributed by atoms with Crippen LogP contribution in [0.5, 0.6) is 0 Å². The van der Waals surface area contributed by atoms with Crippen LogP contribution in [0.25, 0.3) is 0 Å². The normalized spacial score (nSPS) is 18.8. The molecule has 2 amide bonds. The fraction of sp³-hybridized carbons (Fsp3) is 0.385. The molecular weight excluding hydrogens is 284 g/mol. The van der Waals surface area contributed by atoms with Gasteiger partial charge < -0.3 is 10.6 Å². The quantitative estimate of drug-likeness (QED) is 0.899. The number of nitrogens with one attached hydrogen (secondary N) is 2. The second kappa shape index (κ2) is 6.30. The van der Waals surface area contributed by atoms with E-state index >= 15 is 0 Å². The Balaban J connectivity index is 1.95. The minimum Gasteiger partial charge on any atom is -0.354 e. The predicted octanol–water partition coefficient (Wildman–Crippen LogP) is 2.21. The standard InChI is InChI=1S/C13H15ClN2O2S/c1-8-2-3-10(9(14)6-8)16-12(17)7-11-13(18)15-4-5-19-11/h2-3,6,11H,4-5,7H2,1H3,(H,15,18)(H,16,17). The highest BCUT2D eigenvalue weighted by molar-refractivity contribution is 8.00. The van der Waals surface area contributed by atoms with Gasteiger partial charge in [-0.25, -0.2) is 0 Å². The van der Waals surface area contributed by atoms with Crippen LogP contribution < -0.4 is 10.6 Å². The number of anilines is 1. The van der Waals surface area contributed by atoms with Crippen LogP contribution in [0.15, 0.2) is 18.2 Å². The van der Waals surface area contributed by atoms with Crippen LogP contribution in [-0.2, 0) is 9.59 Å². The molecule has 102 valence electrons. The highest BCUT2D eigenvalue weighted by Gasteiger charge is 2.25. The summed E-state index contributed by atoms with van der Waals surface area (Å²) in [5.41, 5.74) is 1.61. The average molecular weight is 299 g/mol. The van der Waals surface area contributed by atoms with Crippen molar-refractivity contribution in [2.45, 2.75) is 18.6 Å². The van der Waals surface area contributed by atoms with Gasteiger partial charge in [0.1, 0.15) is 0 Å². The van der Waals surface area contributed by atoms with Crippen LogP contribution in [0.2, 0.25) is 5.02 Å². The van der Waals surface area contributed by atoms with E-state index in [1.165, 1.54) is 11.8 Å². The van der Waals surface area contributed by atoms with Crippen molar-refractivity contribution >= 4 is 40.9 Å². The van der Waals surface area contributed by atoms with E-state index in [0.29, 0.717) is 17.3 Å². The molecule has 1 heterocycles. The van der Waals surface area contributed by atoms with E-state index in [-0.39, 0.29) is 23.5 Å². The predicted molar refractivity (Wildman–Crippen MR) is 78.7 cm³/mol. The summed E-state index contributed by atoms with van der Waals surface area (Å²) >= 11 is 7.56. The van der Waals surface area contributed by atoms with E-state index in [1.807, 2.05) is 13.0 Å². The summed E-state index contributed by atoms with van der Waals surface area (Å²) < 4.78 is 0. The minimum atomic E-state index is -0.307. The van der Waals surface area contributed by atoms with Gasteiger partial charge in [0, 0.05) is 18.7 Å². The number of hydrogen-bond acceptors (Lipinski definition) is 3. The van der Waals surface area contributed by atoms with Gasteiger partial charge in [0.2, 0.25) is 11.8 Å². The first-order valence-corrected chi connectivity index (χ1v) is 7.44. The molecule has 0 aromatic heterocycles. The van der Waals surface area contributed by atoms with E-state index in [2.05, 4.69) is 10.6 Å². The second-order valence-electron chi connectivity index (χ2n) is 4.39. The first-order valence-electron chi connectivity index (χ1n) is 6.01. The van der Waals surface area contributed by atoms with E-state index in [0.717, 1.165) is 11.3 Å². The molecule has 0 aliphatic carbocycles. The van der Waals surface area contributed by atoms with Gasteiger partial charge in [-0.05, 0) is 24.6 Å². The summed E-state index contributed by atoms with van der Waals surface area (Å²) in [5.74, 6) is 0.580. The Morgan fingerprint density at radius 2 is 2.37 bits per heavy atom. The Morgan fingerprint density at radius 1 is 1.58 bits per heavy atom. The van der Waals surface area contributed by atoms with Gasteiger partial charge in [-0.1, -0.05) is 17.7 Å². The number of halogens is 1. The highest BCUT2D eigenvalue weighted by Crippen LogP contribution is 2.24. The van der Waals surface area contributed by atoms with Gasteiger partial charge in [-0.3, -0.25) is 9.59 Å². The molecule has 1 aliphatic heterocycles. The molecule has 19 heavy (non-hydrogen) atoms. The van der Waals surface area contributed by atoms with Crippen molar-refractivity contribution in [3.05, 3.63) is 28.8 Å². The molecule has 2 rings (SSSR count). The third-order valence-electron chi connectivity index (χ3n) is 2.78. The van der Waals surface area contributed by atoms with Crippen molar-refractivity contribution in [2.75, 3.05) is 17.6 Å². The summed E-state index contributed by atoms with van der Waals surface area (Å²) in [6.07, 6.45) is 0.167. The van der Waals surface area contributed by atoms with Crippen molar-refractivity contribution in [2.24, 2.45) is 0 Å². The van der Waals surface area contributed by atoms with Crippen molar-refractivity contribution in [3.63, 3.8) is 0 Å². The molecule has 6 heteroatoms. The number of carbonyl (C=O) groups excluding carboxylic acids is 2. The average Bonchev–Trinajstić information content (AvgIpc) is 2.36. The molecule has 0 bridgehead atoms. The maximum absolute atomic E-state index is 11.9. The molecule has 1 atom stereocenters. The van der Waals surface area contributed by atoms with Gasteiger partial charge in [0.15, 0.2) is 0 Å². The number of aryl methyl sites for hydroxylation is 1. The summed E-state index contributed by atoms with van der Waals surface area (Å²) in [6.45, 7) is 2.60. The van der Waals surface area contributed by atoms with Crippen LogP contribution in [0.3, 0.4) is 0 Å². The SMILES string of the molecule is Cc1ccc(NC(=O)CC2SCCNC2=O)c(Cl)c1. The summed E-state index contributed by atoms with van der Waals surface area (Å²) in [5, 5.41) is 5.70. The molecule has 0 spiro atoms. The lowest BCUT2D eigenvalue weighted by Crippen LogP contribution is -2.40. The molecule has 1 aromatic carbocycles. The molecule has 0 saturated carbocycles. The zero-order valence-electron chi connectivity index (χ0n) is 10.5. The Kier molecular flexibility index (Phi) is 4.71. The number of thioether (sulfide) groups is 1. The summed E-state index contributed by atoms with van der Waals surface area (Å²) in [6, 6.07) is 5.44. The molecule has 0 radical (unpaired) electrons. The van der Waals surface area contributed by atoms with Gasteiger partial charge in [0.05, 0.1) is 16.0 Å². The zero-order valence-corrected chi connectivity index (χ0v) is 12.1. The van der Waals surface area contributed by atoms with Crippen molar-refractivity contribution in [3.8, 4) is 0 Å². The van der Waals surface area contributed by atoms with Crippen LogP contribution in [0.4, 0.5) is 5.69 Å². The third kappa shape index (κ3) is 3.88. The Hall–Kier alpha value is -1.20. The van der Waals surface area contributed by atoms with Crippen molar-refractivity contribution < 1.29 is 9.59 Å². The number of hydrogen-bond donors (Lipinski definition) is 2. The molecule has 2 N–H and O–H groups in total. The first-order chi connectivity index (χ1) is 9.06. The van der Waals surface area contributed by atoms with Crippen LogP contribution in [0.1, 0.15) is 12.0 Å². The van der Waals surface area contributed by atoms with E-state index in [4.69, 9.17) is 11.6 Å². The van der Waals surface area contributed by atoms with Crippen molar-refractivity contribution in [1.82, 2.24) is 5.32 Å². The Bertz CT molecular complexity index is 507. The number of carbonyl (C=O) groups is 2. The zero-order chi connectivity index (χ0) is 13.8. The second-order valence-corrected chi connectivity index (χ2v) is 6.10. The van der Waals surface area contributed by atoms with Gasteiger partial charge in [-0.15, -0.1) is 11.8 Å². The van der Waals surface area contributed by atoms with Crippen LogP contribution in [-0.4, -0.2) is 29.4 Å². The van der Waals surface area contributed by atoms with Gasteiger partial charge >= 0.3 is 0 Å². The topological polar surface area (TPSA) is 58.2 Å². The smallest absolute Gasteiger partial charge is 0.233 e.